The first-order valence-electron chi connectivity index (χ1n) is 5.90. The zero-order valence-corrected chi connectivity index (χ0v) is 9.35. The Kier molecular flexibility index (Phi) is 3.26. The number of carbonyl (C=O) groups is 1. The Morgan fingerprint density at radius 3 is 2.73 bits per heavy atom. The summed E-state index contributed by atoms with van der Waals surface area (Å²) in [5.74, 6) is -0.707. The smallest absolute Gasteiger partial charge is 0.317 e. The van der Waals surface area contributed by atoms with Gasteiger partial charge in [-0.3, -0.25) is 14.6 Å². The van der Waals surface area contributed by atoms with E-state index in [1.165, 1.54) is 12.8 Å². The average Bonchev–Trinajstić information content (AvgIpc) is 2.93. The molecule has 1 unspecified atom stereocenters. The second-order valence-corrected chi connectivity index (χ2v) is 4.63. The molecule has 4 heteroatoms. The first kappa shape index (κ1) is 10.9. The molecule has 1 N–H and O–H groups in total. The second kappa shape index (κ2) is 4.49. The summed E-state index contributed by atoms with van der Waals surface area (Å²) in [6.45, 7) is 5.31. The lowest BCUT2D eigenvalue weighted by Crippen LogP contribution is -2.40. The molecule has 1 saturated carbocycles. The second-order valence-electron chi connectivity index (χ2n) is 4.63. The molecule has 1 atom stereocenters. The van der Waals surface area contributed by atoms with Crippen molar-refractivity contribution in [1.29, 1.82) is 0 Å². The van der Waals surface area contributed by atoms with E-state index >= 15 is 0 Å². The summed E-state index contributed by atoms with van der Waals surface area (Å²) in [5, 5.41) is 8.81. The van der Waals surface area contributed by atoms with Crippen LogP contribution in [0.2, 0.25) is 0 Å². The molecule has 2 aliphatic rings. The van der Waals surface area contributed by atoms with Gasteiger partial charge in [0.15, 0.2) is 0 Å². The van der Waals surface area contributed by atoms with Gasteiger partial charge in [-0.2, -0.15) is 0 Å². The van der Waals surface area contributed by atoms with Crippen molar-refractivity contribution in [2.24, 2.45) is 0 Å². The molecule has 1 heterocycles. The molecule has 4 nitrogen and oxygen atoms in total. The van der Waals surface area contributed by atoms with Crippen molar-refractivity contribution < 1.29 is 9.90 Å². The van der Waals surface area contributed by atoms with Gasteiger partial charge in [0.1, 0.15) is 0 Å². The topological polar surface area (TPSA) is 43.8 Å². The Labute approximate surface area is 90.9 Å². The van der Waals surface area contributed by atoms with Crippen LogP contribution in [0.4, 0.5) is 0 Å². The third kappa shape index (κ3) is 2.69. The Morgan fingerprint density at radius 2 is 2.20 bits per heavy atom. The van der Waals surface area contributed by atoms with Gasteiger partial charge in [0.2, 0.25) is 0 Å². The van der Waals surface area contributed by atoms with Crippen molar-refractivity contribution in [3.05, 3.63) is 0 Å². The van der Waals surface area contributed by atoms with E-state index in [0.29, 0.717) is 6.04 Å². The predicted octanol–water partition coefficient (Wildman–Crippen LogP) is 0.630. The molecule has 0 bridgehead atoms. The summed E-state index contributed by atoms with van der Waals surface area (Å²) in [6, 6.07) is 1.28. The van der Waals surface area contributed by atoms with Crippen LogP contribution >= 0.6 is 0 Å². The minimum Gasteiger partial charge on any atom is -0.480 e. The summed E-state index contributed by atoms with van der Waals surface area (Å²) in [5.41, 5.74) is 0. The molecule has 15 heavy (non-hydrogen) atoms. The van der Waals surface area contributed by atoms with Gasteiger partial charge < -0.3 is 5.11 Å². The molecule has 2 fully saturated rings. The Balaban J connectivity index is 1.83. The highest BCUT2D eigenvalue weighted by Crippen LogP contribution is 2.30. The predicted molar refractivity (Wildman–Crippen MR) is 57.9 cm³/mol. The Morgan fingerprint density at radius 1 is 1.47 bits per heavy atom. The van der Waals surface area contributed by atoms with E-state index in [9.17, 15) is 4.79 Å². The highest BCUT2D eigenvalue weighted by Gasteiger charge is 2.36. The van der Waals surface area contributed by atoms with E-state index in [4.69, 9.17) is 5.11 Å². The standard InChI is InChI=1S/C11H20N2O2/c1-2-12(8-11(14)15)10-5-6-13(7-10)9-3-4-9/h9-10H,2-8H2,1H3,(H,14,15). The number of carboxylic acids is 1. The summed E-state index contributed by atoms with van der Waals surface area (Å²) in [7, 11) is 0. The van der Waals surface area contributed by atoms with Gasteiger partial charge in [-0.1, -0.05) is 6.92 Å². The quantitative estimate of drug-likeness (QED) is 0.726. The summed E-state index contributed by atoms with van der Waals surface area (Å²) >= 11 is 0. The van der Waals surface area contributed by atoms with Gasteiger partial charge in [-0.05, 0) is 25.8 Å². The number of hydrogen-bond acceptors (Lipinski definition) is 3. The lowest BCUT2D eigenvalue weighted by Gasteiger charge is -2.25. The van der Waals surface area contributed by atoms with Crippen molar-refractivity contribution in [3.8, 4) is 0 Å². The van der Waals surface area contributed by atoms with Crippen molar-refractivity contribution in [2.45, 2.75) is 38.3 Å². The minimum atomic E-state index is -0.707. The maximum absolute atomic E-state index is 10.7. The fraction of sp³-hybridized carbons (Fsp3) is 0.909. The first-order chi connectivity index (χ1) is 7.20. The van der Waals surface area contributed by atoms with Crippen LogP contribution in [0, 0.1) is 0 Å². The van der Waals surface area contributed by atoms with Crippen LogP contribution in [0.5, 0.6) is 0 Å². The van der Waals surface area contributed by atoms with Crippen molar-refractivity contribution >= 4 is 5.97 Å². The molecular weight excluding hydrogens is 192 g/mol. The number of likely N-dealkylation sites (N-methyl/N-ethyl adjacent to an activating group) is 1. The van der Waals surface area contributed by atoms with Crippen molar-refractivity contribution in [1.82, 2.24) is 9.80 Å². The molecular formula is C11H20N2O2. The highest BCUT2D eigenvalue weighted by atomic mass is 16.4. The Bertz CT molecular complexity index is 241. The SMILES string of the molecule is CCN(CC(=O)O)C1CCN(C2CC2)C1. The lowest BCUT2D eigenvalue weighted by molar-refractivity contribution is -0.138. The number of aliphatic carboxylic acids is 1. The van der Waals surface area contributed by atoms with Gasteiger partial charge in [-0.25, -0.2) is 0 Å². The molecule has 0 aromatic rings. The fourth-order valence-electron chi connectivity index (χ4n) is 2.51. The molecule has 2 rings (SSSR count). The maximum Gasteiger partial charge on any atom is 0.317 e. The number of rotatable bonds is 5. The third-order valence-corrected chi connectivity index (χ3v) is 3.52. The van der Waals surface area contributed by atoms with Crippen LogP contribution in [0.1, 0.15) is 26.2 Å². The van der Waals surface area contributed by atoms with E-state index in [-0.39, 0.29) is 6.54 Å². The summed E-state index contributed by atoms with van der Waals surface area (Å²) < 4.78 is 0. The minimum absolute atomic E-state index is 0.194. The lowest BCUT2D eigenvalue weighted by atomic mass is 10.2. The number of nitrogens with zero attached hydrogens (tertiary/aromatic N) is 2. The van der Waals surface area contributed by atoms with Gasteiger partial charge in [-0.15, -0.1) is 0 Å². The van der Waals surface area contributed by atoms with Crippen LogP contribution in [0.25, 0.3) is 0 Å². The van der Waals surface area contributed by atoms with E-state index in [0.717, 1.165) is 32.1 Å². The molecule has 0 aromatic carbocycles. The molecule has 1 aliphatic heterocycles. The third-order valence-electron chi connectivity index (χ3n) is 3.52. The summed E-state index contributed by atoms with van der Waals surface area (Å²) in [4.78, 5) is 15.3. The van der Waals surface area contributed by atoms with Crippen LogP contribution < -0.4 is 0 Å². The molecule has 0 aromatic heterocycles. The van der Waals surface area contributed by atoms with Crippen LogP contribution in [0.15, 0.2) is 0 Å². The largest absolute Gasteiger partial charge is 0.480 e. The van der Waals surface area contributed by atoms with E-state index in [2.05, 4.69) is 9.80 Å². The highest BCUT2D eigenvalue weighted by molar-refractivity contribution is 5.69. The average molecular weight is 212 g/mol. The molecule has 1 saturated heterocycles. The van der Waals surface area contributed by atoms with Gasteiger partial charge in [0, 0.05) is 25.2 Å². The van der Waals surface area contributed by atoms with Crippen molar-refractivity contribution in [2.75, 3.05) is 26.2 Å². The van der Waals surface area contributed by atoms with Crippen LogP contribution in [-0.2, 0) is 4.79 Å². The number of hydrogen-bond donors (Lipinski definition) is 1. The molecule has 1 aliphatic carbocycles. The molecule has 0 radical (unpaired) electrons. The van der Waals surface area contributed by atoms with Crippen LogP contribution in [0.3, 0.4) is 0 Å². The zero-order valence-electron chi connectivity index (χ0n) is 9.35. The Hall–Kier alpha value is -0.610. The van der Waals surface area contributed by atoms with Crippen molar-refractivity contribution in [3.63, 3.8) is 0 Å². The zero-order chi connectivity index (χ0) is 10.8. The van der Waals surface area contributed by atoms with Gasteiger partial charge >= 0.3 is 5.97 Å². The fourth-order valence-corrected chi connectivity index (χ4v) is 2.51. The van der Waals surface area contributed by atoms with Crippen LogP contribution in [-0.4, -0.2) is 59.1 Å². The maximum atomic E-state index is 10.7. The number of carboxylic acid groups (broad SMARTS) is 1. The molecule has 0 spiro atoms. The summed E-state index contributed by atoms with van der Waals surface area (Å²) in [6.07, 6.45) is 3.83. The monoisotopic (exact) mass is 212 g/mol. The normalized spacial score (nSPS) is 27.5. The molecule has 86 valence electrons. The number of likely N-dealkylation sites (tertiary alicyclic amines) is 1. The first-order valence-corrected chi connectivity index (χ1v) is 5.90. The van der Waals surface area contributed by atoms with E-state index in [1.807, 2.05) is 6.92 Å². The van der Waals surface area contributed by atoms with Gasteiger partial charge in [0.05, 0.1) is 6.54 Å². The van der Waals surface area contributed by atoms with Gasteiger partial charge in [0.25, 0.3) is 0 Å². The van der Waals surface area contributed by atoms with E-state index in [1.54, 1.807) is 0 Å². The molecule has 0 amide bonds. The van der Waals surface area contributed by atoms with E-state index < -0.39 is 5.97 Å².